The van der Waals surface area contributed by atoms with Gasteiger partial charge in [-0.25, -0.2) is 9.78 Å². The number of halogens is 1. The average molecular weight is 517 g/mol. The van der Waals surface area contributed by atoms with Crippen LogP contribution in [-0.4, -0.2) is 38.0 Å². The SMILES string of the molecule is CCCCc1nc2ccc(Br)cc2c(=O)n1N=Cc1cc([N+](=O)[O-])ccc1O[C@H](C)C(=O)O. The van der Waals surface area contributed by atoms with Gasteiger partial charge in [0, 0.05) is 28.6 Å². The lowest BCUT2D eigenvalue weighted by molar-refractivity contribution is -0.384. The highest BCUT2D eigenvalue weighted by Gasteiger charge is 2.17. The van der Waals surface area contributed by atoms with Gasteiger partial charge in [0.05, 0.1) is 22.0 Å². The van der Waals surface area contributed by atoms with E-state index in [0.717, 1.165) is 17.5 Å². The first-order valence-corrected chi connectivity index (χ1v) is 10.9. The van der Waals surface area contributed by atoms with Crippen LogP contribution in [0.4, 0.5) is 5.69 Å². The summed E-state index contributed by atoms with van der Waals surface area (Å²) in [6, 6.07) is 8.89. The fourth-order valence-electron chi connectivity index (χ4n) is 3.03. The molecule has 1 N–H and O–H groups in total. The molecule has 0 aliphatic rings. The first-order chi connectivity index (χ1) is 15.7. The molecular weight excluding hydrogens is 496 g/mol. The predicted octanol–water partition coefficient (Wildman–Crippen LogP) is 4.14. The number of fused-ring (bicyclic) bond motifs is 1. The molecule has 0 saturated heterocycles. The van der Waals surface area contributed by atoms with Crippen LogP contribution in [-0.2, 0) is 11.2 Å². The minimum atomic E-state index is -1.20. The van der Waals surface area contributed by atoms with Gasteiger partial charge >= 0.3 is 5.97 Å². The summed E-state index contributed by atoms with van der Waals surface area (Å²) in [5, 5.41) is 25.0. The third-order valence-corrected chi connectivity index (χ3v) is 5.29. The maximum absolute atomic E-state index is 13.2. The maximum Gasteiger partial charge on any atom is 0.344 e. The zero-order valence-electron chi connectivity index (χ0n) is 17.9. The Labute approximate surface area is 196 Å². The van der Waals surface area contributed by atoms with E-state index in [0.29, 0.717) is 27.6 Å². The van der Waals surface area contributed by atoms with Crippen molar-refractivity contribution in [3.05, 3.63) is 72.7 Å². The van der Waals surface area contributed by atoms with Gasteiger partial charge in [-0.15, -0.1) is 0 Å². The number of ether oxygens (including phenoxy) is 1. The summed E-state index contributed by atoms with van der Waals surface area (Å²) < 4.78 is 7.29. The topological polar surface area (TPSA) is 137 Å². The van der Waals surface area contributed by atoms with Gasteiger partial charge in [-0.05, 0) is 37.6 Å². The number of rotatable bonds is 9. The number of hydrogen-bond acceptors (Lipinski definition) is 7. The summed E-state index contributed by atoms with van der Waals surface area (Å²) in [6.45, 7) is 3.35. The summed E-state index contributed by atoms with van der Waals surface area (Å²) in [5.74, 6) is -0.669. The van der Waals surface area contributed by atoms with Crippen LogP contribution in [0, 0.1) is 10.1 Å². The number of nitro groups is 1. The van der Waals surface area contributed by atoms with Crippen molar-refractivity contribution >= 4 is 44.7 Å². The zero-order chi connectivity index (χ0) is 24.1. The van der Waals surface area contributed by atoms with E-state index in [9.17, 15) is 19.7 Å². The lowest BCUT2D eigenvalue weighted by Gasteiger charge is -2.13. The van der Waals surface area contributed by atoms with E-state index in [-0.39, 0.29) is 17.0 Å². The molecule has 0 amide bonds. The second-order valence-electron chi connectivity index (χ2n) is 7.23. The van der Waals surface area contributed by atoms with Crippen LogP contribution in [0.3, 0.4) is 0 Å². The van der Waals surface area contributed by atoms with Crippen molar-refractivity contribution in [3.63, 3.8) is 0 Å². The van der Waals surface area contributed by atoms with Crippen molar-refractivity contribution in [3.8, 4) is 5.75 Å². The highest BCUT2D eigenvalue weighted by molar-refractivity contribution is 9.10. The van der Waals surface area contributed by atoms with Crippen molar-refractivity contribution in [2.45, 2.75) is 39.2 Å². The number of unbranched alkanes of at least 4 members (excludes halogenated alkanes) is 1. The fraction of sp³-hybridized carbons (Fsp3) is 0.273. The van der Waals surface area contributed by atoms with Gasteiger partial charge in [0.15, 0.2) is 6.10 Å². The molecule has 11 heteroatoms. The number of aromatic nitrogens is 2. The molecule has 3 rings (SSSR count). The summed E-state index contributed by atoms with van der Waals surface area (Å²) in [7, 11) is 0. The van der Waals surface area contributed by atoms with Crippen LogP contribution in [0.1, 0.15) is 38.1 Å². The quantitative estimate of drug-likeness (QED) is 0.256. The van der Waals surface area contributed by atoms with Gasteiger partial charge in [-0.3, -0.25) is 14.9 Å². The Morgan fingerprint density at radius 2 is 2.12 bits per heavy atom. The molecule has 3 aromatic rings. The van der Waals surface area contributed by atoms with Crippen molar-refractivity contribution in [2.24, 2.45) is 5.10 Å². The second kappa shape index (κ2) is 10.3. The molecule has 0 bridgehead atoms. The number of non-ortho nitro benzene ring substituents is 1. The first-order valence-electron chi connectivity index (χ1n) is 10.1. The van der Waals surface area contributed by atoms with Crippen LogP contribution in [0.2, 0.25) is 0 Å². The minimum absolute atomic E-state index is 0.0823. The van der Waals surface area contributed by atoms with Crippen LogP contribution in [0.5, 0.6) is 5.75 Å². The molecule has 1 atom stereocenters. The standard InChI is InChI=1S/C22H21BrN4O6/c1-3-4-5-20-25-18-8-6-15(23)11-17(18)21(28)26(20)24-12-14-10-16(27(31)32)7-9-19(14)33-13(2)22(29)30/h6-13H,3-5H2,1-2H3,(H,29,30)/t13-/m1/s1. The van der Waals surface area contributed by atoms with Gasteiger partial charge in [0.1, 0.15) is 11.6 Å². The maximum atomic E-state index is 13.2. The molecule has 1 heterocycles. The Morgan fingerprint density at radius 1 is 1.36 bits per heavy atom. The molecule has 0 aliphatic carbocycles. The van der Waals surface area contributed by atoms with Crippen LogP contribution in [0.25, 0.3) is 10.9 Å². The number of nitro benzene ring substituents is 1. The van der Waals surface area contributed by atoms with E-state index in [4.69, 9.17) is 9.84 Å². The number of aryl methyl sites for hydroxylation is 1. The Hall–Kier alpha value is -3.60. The third kappa shape index (κ3) is 5.61. The molecule has 10 nitrogen and oxygen atoms in total. The molecular formula is C22H21BrN4O6. The van der Waals surface area contributed by atoms with E-state index in [2.05, 4.69) is 26.0 Å². The second-order valence-corrected chi connectivity index (χ2v) is 8.15. The highest BCUT2D eigenvalue weighted by Crippen LogP contribution is 2.24. The Balaban J connectivity index is 2.14. The highest BCUT2D eigenvalue weighted by atomic mass is 79.9. The van der Waals surface area contributed by atoms with Gasteiger partial charge in [-0.1, -0.05) is 29.3 Å². The Morgan fingerprint density at radius 3 is 2.79 bits per heavy atom. The molecule has 0 aliphatic heterocycles. The number of benzene rings is 2. The van der Waals surface area contributed by atoms with Crippen LogP contribution < -0.4 is 10.3 Å². The summed E-state index contributed by atoms with van der Waals surface area (Å²) in [4.78, 5) is 39.6. The van der Waals surface area contributed by atoms with Crippen molar-refractivity contribution in [1.29, 1.82) is 0 Å². The smallest absolute Gasteiger partial charge is 0.344 e. The molecule has 2 aromatic carbocycles. The van der Waals surface area contributed by atoms with Gasteiger partial charge in [0.25, 0.3) is 11.2 Å². The molecule has 0 fully saturated rings. The Kier molecular flexibility index (Phi) is 7.54. The zero-order valence-corrected chi connectivity index (χ0v) is 19.5. The first kappa shape index (κ1) is 24.1. The van der Waals surface area contributed by atoms with Gasteiger partial charge in [0.2, 0.25) is 0 Å². The van der Waals surface area contributed by atoms with Gasteiger partial charge in [-0.2, -0.15) is 9.78 Å². The average Bonchev–Trinajstić information content (AvgIpc) is 2.78. The summed E-state index contributed by atoms with van der Waals surface area (Å²) in [5.41, 5.74) is 0.0664. The fourth-order valence-corrected chi connectivity index (χ4v) is 3.39. The van der Waals surface area contributed by atoms with Crippen LogP contribution in [0.15, 0.2) is 50.8 Å². The predicted molar refractivity (Wildman–Crippen MR) is 126 cm³/mol. The normalized spacial score (nSPS) is 12.2. The van der Waals surface area contributed by atoms with E-state index >= 15 is 0 Å². The molecule has 1 aromatic heterocycles. The van der Waals surface area contributed by atoms with Gasteiger partial charge < -0.3 is 9.84 Å². The lowest BCUT2D eigenvalue weighted by Crippen LogP contribution is -2.24. The van der Waals surface area contributed by atoms with Crippen molar-refractivity contribution < 1.29 is 19.6 Å². The number of carboxylic acids is 1. The van der Waals surface area contributed by atoms with E-state index < -0.39 is 22.6 Å². The molecule has 0 radical (unpaired) electrons. The molecule has 0 spiro atoms. The lowest BCUT2D eigenvalue weighted by atomic mass is 10.2. The number of aliphatic carboxylic acids is 1. The number of hydrogen-bond donors (Lipinski definition) is 1. The molecule has 0 saturated carbocycles. The van der Waals surface area contributed by atoms with E-state index in [1.807, 2.05) is 6.92 Å². The van der Waals surface area contributed by atoms with Crippen LogP contribution >= 0.6 is 15.9 Å². The largest absolute Gasteiger partial charge is 0.479 e. The van der Waals surface area contributed by atoms with E-state index in [1.165, 1.54) is 31.3 Å². The van der Waals surface area contributed by atoms with Crippen molar-refractivity contribution in [1.82, 2.24) is 9.66 Å². The minimum Gasteiger partial charge on any atom is -0.479 e. The Bertz CT molecular complexity index is 1300. The molecule has 172 valence electrons. The number of carboxylic acid groups (broad SMARTS) is 1. The molecule has 0 unspecified atom stereocenters. The third-order valence-electron chi connectivity index (χ3n) is 4.80. The monoisotopic (exact) mass is 516 g/mol. The van der Waals surface area contributed by atoms with E-state index in [1.54, 1.807) is 18.2 Å². The number of nitrogens with zero attached hydrogens (tertiary/aromatic N) is 4. The molecule has 33 heavy (non-hydrogen) atoms. The number of carbonyl (C=O) groups is 1. The summed E-state index contributed by atoms with van der Waals surface area (Å²) >= 11 is 3.35. The summed E-state index contributed by atoms with van der Waals surface area (Å²) in [6.07, 6.45) is 2.21. The van der Waals surface area contributed by atoms with Crippen molar-refractivity contribution in [2.75, 3.05) is 0 Å².